The normalized spacial score (nSPS) is 10.9. The van der Waals surface area contributed by atoms with Crippen LogP contribution in [0.1, 0.15) is 18.1 Å². The Morgan fingerprint density at radius 2 is 1.59 bits per heavy atom. The summed E-state index contributed by atoms with van der Waals surface area (Å²) in [7, 11) is 0. The first-order valence-electron chi connectivity index (χ1n) is 6.00. The zero-order valence-electron chi connectivity index (χ0n) is 10.1. The van der Waals surface area contributed by atoms with E-state index in [9.17, 15) is 0 Å². The first kappa shape index (κ1) is 11.6. The predicted octanol–water partition coefficient (Wildman–Crippen LogP) is 4.19. The molecule has 17 heavy (non-hydrogen) atoms. The van der Waals surface area contributed by atoms with E-state index < -0.39 is 0 Å². The van der Waals surface area contributed by atoms with Gasteiger partial charge in [0.1, 0.15) is 0 Å². The van der Waals surface area contributed by atoms with Gasteiger partial charge in [0.05, 0.1) is 5.69 Å². The highest BCUT2D eigenvalue weighted by Crippen LogP contribution is 2.20. The summed E-state index contributed by atoms with van der Waals surface area (Å²) in [4.78, 5) is 4.39. The van der Waals surface area contributed by atoms with Gasteiger partial charge in [-0.25, -0.2) is 0 Å². The third-order valence-electron chi connectivity index (χ3n) is 2.79. The lowest BCUT2D eigenvalue weighted by Gasteiger charge is -2.05. The fraction of sp³-hybridized carbons (Fsp3) is 0.188. The molecule has 2 aromatic rings. The molecule has 1 heteroatoms. The van der Waals surface area contributed by atoms with Gasteiger partial charge in [-0.2, -0.15) is 0 Å². The van der Waals surface area contributed by atoms with Crippen LogP contribution in [0, 0.1) is 0 Å². The van der Waals surface area contributed by atoms with Crippen LogP contribution < -0.4 is 0 Å². The van der Waals surface area contributed by atoms with Crippen LogP contribution in [0.4, 0.5) is 5.69 Å². The van der Waals surface area contributed by atoms with Crippen molar-refractivity contribution in [1.82, 2.24) is 0 Å². The van der Waals surface area contributed by atoms with Crippen molar-refractivity contribution in [3.05, 3.63) is 65.7 Å². The van der Waals surface area contributed by atoms with Crippen LogP contribution in [-0.4, -0.2) is 6.21 Å². The molecule has 1 nitrogen and oxygen atoms in total. The lowest BCUT2D eigenvalue weighted by atomic mass is 10.0. The van der Waals surface area contributed by atoms with Gasteiger partial charge in [-0.05, 0) is 37.0 Å². The van der Waals surface area contributed by atoms with Gasteiger partial charge in [-0.1, -0.05) is 48.5 Å². The molecule has 86 valence electrons. The van der Waals surface area contributed by atoms with Gasteiger partial charge in [-0.15, -0.1) is 0 Å². The van der Waals surface area contributed by atoms with Crippen molar-refractivity contribution in [2.45, 2.75) is 19.8 Å². The van der Waals surface area contributed by atoms with Gasteiger partial charge in [0, 0.05) is 6.21 Å². The molecule has 2 aromatic carbocycles. The molecule has 0 aliphatic heterocycles. The van der Waals surface area contributed by atoms with E-state index in [1.165, 1.54) is 11.1 Å². The Morgan fingerprint density at radius 3 is 2.35 bits per heavy atom. The van der Waals surface area contributed by atoms with Gasteiger partial charge in [0.2, 0.25) is 0 Å². The molecule has 2 rings (SSSR count). The monoisotopic (exact) mass is 223 g/mol. The Morgan fingerprint density at radius 1 is 0.882 bits per heavy atom. The molecule has 0 radical (unpaired) electrons. The largest absolute Gasteiger partial charge is 0.261 e. The van der Waals surface area contributed by atoms with Gasteiger partial charge in [0.25, 0.3) is 0 Å². The van der Waals surface area contributed by atoms with E-state index in [4.69, 9.17) is 0 Å². The maximum atomic E-state index is 4.39. The number of aryl methyl sites for hydroxylation is 2. The molecule has 0 amide bonds. The van der Waals surface area contributed by atoms with Crippen LogP contribution in [0.3, 0.4) is 0 Å². The van der Waals surface area contributed by atoms with Crippen LogP contribution in [0.2, 0.25) is 0 Å². The molecule has 0 atom stereocenters. The van der Waals surface area contributed by atoms with Crippen molar-refractivity contribution in [2.75, 3.05) is 0 Å². The summed E-state index contributed by atoms with van der Waals surface area (Å²) < 4.78 is 0. The molecule has 0 saturated carbocycles. The minimum Gasteiger partial charge on any atom is -0.261 e. The van der Waals surface area contributed by atoms with E-state index in [1.807, 2.05) is 19.2 Å². The standard InChI is InChI=1S/C16H17N/c1-2-17-16-11-7-6-10-15(16)13-12-14-8-4-3-5-9-14/h2-11H,12-13H2,1H3. The Bertz CT molecular complexity index is 486. The molecule has 0 heterocycles. The molecule has 0 saturated heterocycles. The minimum atomic E-state index is 1.04. The highest BCUT2D eigenvalue weighted by molar-refractivity contribution is 5.62. The van der Waals surface area contributed by atoms with Gasteiger partial charge < -0.3 is 0 Å². The van der Waals surface area contributed by atoms with Crippen LogP contribution in [0.5, 0.6) is 0 Å². The summed E-state index contributed by atoms with van der Waals surface area (Å²) in [5.74, 6) is 0. The predicted molar refractivity (Wildman–Crippen MR) is 74.1 cm³/mol. The van der Waals surface area contributed by atoms with Gasteiger partial charge in [-0.3, -0.25) is 4.99 Å². The second-order valence-corrected chi connectivity index (χ2v) is 4.00. The van der Waals surface area contributed by atoms with Crippen LogP contribution >= 0.6 is 0 Å². The highest BCUT2D eigenvalue weighted by atomic mass is 14.7. The van der Waals surface area contributed by atoms with Crippen molar-refractivity contribution in [3.8, 4) is 0 Å². The summed E-state index contributed by atoms with van der Waals surface area (Å²) in [6.45, 7) is 1.95. The maximum absolute atomic E-state index is 4.39. The third kappa shape index (κ3) is 3.28. The number of nitrogens with zero attached hydrogens (tertiary/aromatic N) is 1. The number of rotatable bonds is 4. The van der Waals surface area contributed by atoms with Crippen molar-refractivity contribution >= 4 is 11.9 Å². The number of benzene rings is 2. The minimum absolute atomic E-state index is 1.04. The smallest absolute Gasteiger partial charge is 0.0657 e. The first-order valence-corrected chi connectivity index (χ1v) is 6.00. The van der Waals surface area contributed by atoms with Crippen LogP contribution in [0.25, 0.3) is 0 Å². The number of hydrogen-bond acceptors (Lipinski definition) is 1. The van der Waals surface area contributed by atoms with E-state index in [0.717, 1.165) is 18.5 Å². The quantitative estimate of drug-likeness (QED) is 0.689. The molecule has 0 aliphatic carbocycles. The third-order valence-corrected chi connectivity index (χ3v) is 2.79. The molecule has 0 unspecified atom stereocenters. The Kier molecular flexibility index (Phi) is 4.09. The second kappa shape index (κ2) is 6.00. The number of hydrogen-bond donors (Lipinski definition) is 0. The molecular formula is C16H17N. The average Bonchev–Trinajstić information content (AvgIpc) is 2.39. The summed E-state index contributed by atoms with van der Waals surface area (Å²) in [5.41, 5.74) is 3.78. The summed E-state index contributed by atoms with van der Waals surface area (Å²) >= 11 is 0. The van der Waals surface area contributed by atoms with Crippen molar-refractivity contribution in [2.24, 2.45) is 4.99 Å². The first-order chi connectivity index (χ1) is 8.40. The number of para-hydroxylation sites is 1. The molecule has 0 bridgehead atoms. The van der Waals surface area contributed by atoms with E-state index >= 15 is 0 Å². The Labute approximate surface area is 103 Å². The molecule has 0 aliphatic rings. The lowest BCUT2D eigenvalue weighted by Crippen LogP contribution is -1.91. The highest BCUT2D eigenvalue weighted by Gasteiger charge is 2.00. The summed E-state index contributed by atoms with van der Waals surface area (Å²) in [5, 5.41) is 0. The lowest BCUT2D eigenvalue weighted by molar-refractivity contribution is 0.960. The zero-order chi connectivity index (χ0) is 11.9. The summed E-state index contributed by atoms with van der Waals surface area (Å²) in [6.07, 6.45) is 3.95. The van der Waals surface area contributed by atoms with E-state index in [1.54, 1.807) is 0 Å². The summed E-state index contributed by atoms with van der Waals surface area (Å²) in [6, 6.07) is 18.9. The zero-order valence-corrected chi connectivity index (χ0v) is 10.1. The SMILES string of the molecule is CC=Nc1ccccc1CCc1ccccc1. The van der Waals surface area contributed by atoms with Gasteiger partial charge >= 0.3 is 0 Å². The van der Waals surface area contributed by atoms with Crippen molar-refractivity contribution < 1.29 is 0 Å². The second-order valence-electron chi connectivity index (χ2n) is 4.00. The maximum Gasteiger partial charge on any atom is 0.0657 e. The average molecular weight is 223 g/mol. The number of aliphatic imine (C=N–C) groups is 1. The van der Waals surface area contributed by atoms with E-state index in [2.05, 4.69) is 53.5 Å². The molecule has 0 N–H and O–H groups in total. The fourth-order valence-corrected chi connectivity index (χ4v) is 1.91. The fourth-order valence-electron chi connectivity index (χ4n) is 1.91. The van der Waals surface area contributed by atoms with Crippen molar-refractivity contribution in [1.29, 1.82) is 0 Å². The Balaban J connectivity index is 2.09. The Hall–Kier alpha value is -1.89. The molecule has 0 fully saturated rings. The molecule has 0 spiro atoms. The van der Waals surface area contributed by atoms with Crippen LogP contribution in [-0.2, 0) is 12.8 Å². The molecular weight excluding hydrogens is 206 g/mol. The van der Waals surface area contributed by atoms with Crippen molar-refractivity contribution in [3.63, 3.8) is 0 Å². The van der Waals surface area contributed by atoms with E-state index in [0.29, 0.717) is 0 Å². The molecule has 0 aromatic heterocycles. The topological polar surface area (TPSA) is 12.4 Å². The van der Waals surface area contributed by atoms with Gasteiger partial charge in [0.15, 0.2) is 0 Å². The van der Waals surface area contributed by atoms with E-state index in [-0.39, 0.29) is 0 Å². The van der Waals surface area contributed by atoms with Crippen LogP contribution in [0.15, 0.2) is 59.6 Å².